The maximum Gasteiger partial charge on any atom is 0.254 e. The Hall–Kier alpha value is -2.16. The topological polar surface area (TPSA) is 60.9 Å². The molecule has 0 aliphatic carbocycles. The molecule has 9 heteroatoms. The van der Waals surface area contributed by atoms with Crippen LogP contribution in [-0.4, -0.2) is 62.3 Å². The highest BCUT2D eigenvalue weighted by Crippen LogP contribution is 2.29. The van der Waals surface area contributed by atoms with Crippen LogP contribution in [0.15, 0.2) is 47.4 Å². The van der Waals surface area contributed by atoms with Crippen LogP contribution in [0.4, 0.5) is 10.1 Å². The summed E-state index contributed by atoms with van der Waals surface area (Å²) in [5, 5.41) is 0.106. The molecule has 2 aromatic carbocycles. The van der Waals surface area contributed by atoms with Crippen LogP contribution in [0.25, 0.3) is 0 Å². The number of sulfonamides is 1. The number of piperidine rings is 1. The molecule has 172 valence electrons. The van der Waals surface area contributed by atoms with Gasteiger partial charge in [-0.2, -0.15) is 4.31 Å². The lowest BCUT2D eigenvalue weighted by atomic mass is 10.0. The second kappa shape index (κ2) is 9.37. The van der Waals surface area contributed by atoms with Gasteiger partial charge in [0.2, 0.25) is 10.0 Å². The zero-order chi connectivity index (χ0) is 22.9. The Kier molecular flexibility index (Phi) is 6.74. The van der Waals surface area contributed by atoms with Crippen LogP contribution in [0.5, 0.6) is 0 Å². The van der Waals surface area contributed by atoms with Crippen LogP contribution in [0.2, 0.25) is 5.02 Å². The lowest BCUT2D eigenvalue weighted by molar-refractivity contribution is 0.0635. The number of carbonyl (C=O) groups is 1. The molecule has 1 unspecified atom stereocenters. The molecule has 2 fully saturated rings. The summed E-state index contributed by atoms with van der Waals surface area (Å²) in [6.07, 6.45) is 2.99. The van der Waals surface area contributed by atoms with E-state index in [0.29, 0.717) is 25.2 Å². The Morgan fingerprint density at radius 2 is 1.69 bits per heavy atom. The highest BCUT2D eigenvalue weighted by atomic mass is 35.5. The van der Waals surface area contributed by atoms with Crippen molar-refractivity contribution in [2.45, 2.75) is 37.1 Å². The molecule has 6 nitrogen and oxygen atoms in total. The molecule has 0 radical (unpaired) electrons. The van der Waals surface area contributed by atoms with Gasteiger partial charge in [-0.1, -0.05) is 11.6 Å². The van der Waals surface area contributed by atoms with Crippen molar-refractivity contribution >= 4 is 33.2 Å². The van der Waals surface area contributed by atoms with E-state index in [1.54, 1.807) is 18.2 Å². The van der Waals surface area contributed by atoms with Gasteiger partial charge >= 0.3 is 0 Å². The molecule has 2 heterocycles. The van der Waals surface area contributed by atoms with E-state index in [0.717, 1.165) is 24.9 Å². The molecule has 32 heavy (non-hydrogen) atoms. The Balaban J connectivity index is 1.52. The summed E-state index contributed by atoms with van der Waals surface area (Å²) in [5.74, 6) is -0.468. The zero-order valence-corrected chi connectivity index (χ0v) is 19.6. The van der Waals surface area contributed by atoms with Crippen molar-refractivity contribution in [2.75, 3.05) is 37.6 Å². The second-order valence-electron chi connectivity index (χ2n) is 8.36. The molecule has 4 rings (SSSR count). The predicted molar refractivity (Wildman–Crippen MR) is 123 cm³/mol. The zero-order valence-electron chi connectivity index (χ0n) is 18.0. The first-order valence-corrected chi connectivity index (χ1v) is 12.7. The van der Waals surface area contributed by atoms with Crippen molar-refractivity contribution in [1.29, 1.82) is 0 Å². The molecule has 2 aliphatic rings. The highest BCUT2D eigenvalue weighted by Gasteiger charge is 2.32. The average Bonchev–Trinajstić information content (AvgIpc) is 2.80. The number of rotatable bonds is 4. The molecule has 0 spiro atoms. The van der Waals surface area contributed by atoms with Gasteiger partial charge < -0.3 is 9.80 Å². The average molecular weight is 480 g/mol. The number of hydrogen-bond donors (Lipinski definition) is 0. The fourth-order valence-electron chi connectivity index (χ4n) is 4.38. The van der Waals surface area contributed by atoms with Crippen LogP contribution in [0, 0.1) is 5.82 Å². The first-order valence-electron chi connectivity index (χ1n) is 10.9. The van der Waals surface area contributed by atoms with E-state index in [-0.39, 0.29) is 40.8 Å². The van der Waals surface area contributed by atoms with Crippen LogP contribution in [-0.2, 0) is 10.0 Å². The smallest absolute Gasteiger partial charge is 0.254 e. The van der Waals surface area contributed by atoms with Crippen molar-refractivity contribution in [3.63, 3.8) is 0 Å². The lowest BCUT2D eigenvalue weighted by Crippen LogP contribution is -2.48. The number of carbonyl (C=O) groups excluding carboxylic acids is 1. The van der Waals surface area contributed by atoms with Crippen LogP contribution in [0.3, 0.4) is 0 Å². The van der Waals surface area contributed by atoms with E-state index >= 15 is 0 Å². The summed E-state index contributed by atoms with van der Waals surface area (Å²) in [7, 11) is -3.86. The van der Waals surface area contributed by atoms with Gasteiger partial charge in [-0.25, -0.2) is 12.8 Å². The molecule has 2 aliphatic heterocycles. The largest absolute Gasteiger partial charge is 0.369 e. The number of amides is 1. The van der Waals surface area contributed by atoms with Crippen LogP contribution in [0.1, 0.15) is 36.5 Å². The molecule has 1 amide bonds. The molecule has 2 aromatic rings. The van der Waals surface area contributed by atoms with E-state index in [9.17, 15) is 17.6 Å². The summed E-state index contributed by atoms with van der Waals surface area (Å²) >= 11 is 6.28. The summed E-state index contributed by atoms with van der Waals surface area (Å²) in [6, 6.07) is 10.8. The van der Waals surface area contributed by atoms with Gasteiger partial charge in [0.15, 0.2) is 0 Å². The van der Waals surface area contributed by atoms with Crippen molar-refractivity contribution in [3.05, 3.63) is 58.9 Å². The fraction of sp³-hybridized carbons (Fsp3) is 0.435. The number of anilines is 1. The van der Waals surface area contributed by atoms with Gasteiger partial charge in [-0.3, -0.25) is 4.79 Å². The van der Waals surface area contributed by atoms with Gasteiger partial charge in [-0.15, -0.1) is 0 Å². The summed E-state index contributed by atoms with van der Waals surface area (Å²) < 4.78 is 41.3. The molecule has 0 saturated carbocycles. The Bertz CT molecular complexity index is 1090. The summed E-state index contributed by atoms with van der Waals surface area (Å²) in [5.41, 5.74) is 1.19. The Morgan fingerprint density at radius 3 is 2.34 bits per heavy atom. The van der Waals surface area contributed by atoms with Gasteiger partial charge in [0, 0.05) is 50.0 Å². The standard InChI is InChI=1S/C23H27ClFN3O3S/c1-17-4-2-3-11-28(17)23(29)18-5-10-21(24)22(16-18)32(30,31)27-14-12-26(13-15-27)20-8-6-19(25)7-9-20/h5-10,16-17H,2-4,11-15H2,1H3. The normalized spacial score (nSPS) is 20.4. The van der Waals surface area contributed by atoms with E-state index in [4.69, 9.17) is 11.6 Å². The van der Waals surface area contributed by atoms with E-state index < -0.39 is 10.0 Å². The Morgan fingerprint density at radius 1 is 1.00 bits per heavy atom. The quantitative estimate of drug-likeness (QED) is 0.665. The van der Waals surface area contributed by atoms with Crippen molar-refractivity contribution < 1.29 is 17.6 Å². The van der Waals surface area contributed by atoms with Gasteiger partial charge in [0.1, 0.15) is 10.7 Å². The Labute approximate surface area is 193 Å². The summed E-state index contributed by atoms with van der Waals surface area (Å²) in [4.78, 5) is 16.8. The third kappa shape index (κ3) is 4.63. The molecule has 0 aromatic heterocycles. The number of piperazine rings is 1. The second-order valence-corrected chi connectivity index (χ2v) is 10.7. The third-order valence-corrected chi connectivity index (χ3v) is 8.67. The maximum atomic E-state index is 13.4. The van der Waals surface area contributed by atoms with Crippen molar-refractivity contribution in [1.82, 2.24) is 9.21 Å². The molecule has 2 saturated heterocycles. The van der Waals surface area contributed by atoms with Crippen molar-refractivity contribution in [2.24, 2.45) is 0 Å². The number of likely N-dealkylation sites (tertiary alicyclic amines) is 1. The summed E-state index contributed by atoms with van der Waals surface area (Å²) in [6.45, 7) is 4.20. The number of benzene rings is 2. The van der Waals surface area contributed by atoms with E-state index in [1.807, 2.05) is 16.7 Å². The monoisotopic (exact) mass is 479 g/mol. The molecular formula is C23H27ClFN3O3S. The predicted octanol–water partition coefficient (Wildman–Crippen LogP) is 4.00. The van der Waals surface area contributed by atoms with Crippen LogP contribution >= 0.6 is 11.6 Å². The van der Waals surface area contributed by atoms with Gasteiger partial charge in [0.05, 0.1) is 5.02 Å². The first-order chi connectivity index (χ1) is 15.3. The fourth-order valence-corrected chi connectivity index (χ4v) is 6.30. The molecule has 1 atom stereocenters. The third-order valence-electron chi connectivity index (χ3n) is 6.29. The molecule has 0 N–H and O–H groups in total. The number of halogens is 2. The minimum atomic E-state index is -3.86. The molecule has 0 bridgehead atoms. The maximum absolute atomic E-state index is 13.4. The number of hydrogen-bond acceptors (Lipinski definition) is 4. The van der Waals surface area contributed by atoms with E-state index in [2.05, 4.69) is 0 Å². The minimum absolute atomic E-state index is 0.0371. The van der Waals surface area contributed by atoms with Gasteiger partial charge in [-0.05, 0) is 68.7 Å². The SMILES string of the molecule is CC1CCCCN1C(=O)c1ccc(Cl)c(S(=O)(=O)N2CCN(c3ccc(F)cc3)CC2)c1. The van der Waals surface area contributed by atoms with Crippen molar-refractivity contribution in [3.8, 4) is 0 Å². The van der Waals surface area contributed by atoms with E-state index in [1.165, 1.54) is 28.6 Å². The van der Waals surface area contributed by atoms with Crippen LogP contribution < -0.4 is 4.90 Å². The first kappa shape index (κ1) is 23.0. The molecular weight excluding hydrogens is 453 g/mol. The minimum Gasteiger partial charge on any atom is -0.369 e. The lowest BCUT2D eigenvalue weighted by Gasteiger charge is -2.35. The van der Waals surface area contributed by atoms with Gasteiger partial charge in [0.25, 0.3) is 5.91 Å². The highest BCUT2D eigenvalue weighted by molar-refractivity contribution is 7.89. The number of nitrogens with zero attached hydrogens (tertiary/aromatic N) is 3.